The van der Waals surface area contributed by atoms with E-state index in [4.69, 9.17) is 0 Å². The van der Waals surface area contributed by atoms with Crippen molar-refractivity contribution in [1.82, 2.24) is 4.90 Å². The second-order valence-corrected chi connectivity index (χ2v) is 7.26. The Hall–Kier alpha value is -1.02. The van der Waals surface area contributed by atoms with Gasteiger partial charge in [0.1, 0.15) is 0 Å². The summed E-state index contributed by atoms with van der Waals surface area (Å²) >= 11 is 0. The highest BCUT2D eigenvalue weighted by Crippen LogP contribution is 2.36. The monoisotopic (exact) mass is 288 g/mol. The Morgan fingerprint density at radius 1 is 1.24 bits per heavy atom. The molecular formula is C19H32N2. The Bertz CT molecular complexity index is 435. The van der Waals surface area contributed by atoms with Crippen LogP contribution in [0.15, 0.2) is 24.3 Å². The van der Waals surface area contributed by atoms with Crippen LogP contribution in [0, 0.1) is 5.41 Å². The van der Waals surface area contributed by atoms with Crippen LogP contribution < -0.4 is 5.32 Å². The zero-order valence-corrected chi connectivity index (χ0v) is 14.3. The number of anilines is 1. The highest BCUT2D eigenvalue weighted by atomic mass is 15.1. The maximum absolute atomic E-state index is 3.77. The third-order valence-electron chi connectivity index (χ3n) is 4.80. The van der Waals surface area contributed by atoms with Gasteiger partial charge in [-0.1, -0.05) is 46.2 Å². The molecule has 0 heterocycles. The van der Waals surface area contributed by atoms with E-state index in [2.05, 4.69) is 62.2 Å². The Morgan fingerprint density at radius 3 is 2.67 bits per heavy atom. The van der Waals surface area contributed by atoms with Crippen molar-refractivity contribution in [2.75, 3.05) is 18.4 Å². The molecule has 0 aliphatic heterocycles. The van der Waals surface area contributed by atoms with Crippen molar-refractivity contribution < 1.29 is 0 Å². The third kappa shape index (κ3) is 5.03. The fourth-order valence-corrected chi connectivity index (χ4v) is 3.52. The molecule has 1 saturated carbocycles. The highest BCUT2D eigenvalue weighted by Gasteiger charge is 2.27. The molecule has 1 atom stereocenters. The van der Waals surface area contributed by atoms with Crippen LogP contribution in [-0.2, 0) is 6.54 Å². The average molecular weight is 288 g/mol. The van der Waals surface area contributed by atoms with Crippen LogP contribution >= 0.6 is 0 Å². The van der Waals surface area contributed by atoms with Gasteiger partial charge < -0.3 is 5.32 Å². The fourth-order valence-electron chi connectivity index (χ4n) is 3.52. The van der Waals surface area contributed by atoms with Crippen molar-refractivity contribution in [1.29, 1.82) is 0 Å². The first-order chi connectivity index (χ1) is 10.0. The highest BCUT2D eigenvalue weighted by molar-refractivity contribution is 5.46. The second-order valence-electron chi connectivity index (χ2n) is 7.26. The molecule has 2 rings (SSSR count). The molecule has 1 aromatic carbocycles. The smallest absolute Gasteiger partial charge is 0.0345 e. The van der Waals surface area contributed by atoms with E-state index in [9.17, 15) is 0 Å². The van der Waals surface area contributed by atoms with Crippen LogP contribution in [-0.4, -0.2) is 24.0 Å². The van der Waals surface area contributed by atoms with Crippen LogP contribution in [0.3, 0.4) is 0 Å². The minimum Gasteiger partial charge on any atom is -0.382 e. The fraction of sp³-hybridized carbons (Fsp3) is 0.684. The first-order valence-electron chi connectivity index (χ1n) is 8.60. The predicted molar refractivity (Wildman–Crippen MR) is 92.7 cm³/mol. The lowest BCUT2D eigenvalue weighted by atomic mass is 9.75. The number of nitrogens with zero attached hydrogens (tertiary/aromatic N) is 1. The van der Waals surface area contributed by atoms with Gasteiger partial charge in [-0.25, -0.2) is 0 Å². The normalized spacial score (nSPS) is 21.5. The van der Waals surface area contributed by atoms with E-state index in [1.54, 1.807) is 0 Å². The third-order valence-corrected chi connectivity index (χ3v) is 4.80. The van der Waals surface area contributed by atoms with Gasteiger partial charge in [-0.15, -0.1) is 0 Å². The maximum atomic E-state index is 3.77. The van der Waals surface area contributed by atoms with Gasteiger partial charge >= 0.3 is 0 Å². The van der Waals surface area contributed by atoms with Gasteiger partial charge in [0.05, 0.1) is 0 Å². The molecule has 118 valence electrons. The zero-order valence-electron chi connectivity index (χ0n) is 14.3. The van der Waals surface area contributed by atoms with E-state index >= 15 is 0 Å². The Kier molecular flexibility index (Phi) is 5.69. The van der Waals surface area contributed by atoms with Crippen molar-refractivity contribution in [3.05, 3.63) is 29.8 Å². The van der Waals surface area contributed by atoms with Crippen molar-refractivity contribution in [3.8, 4) is 0 Å². The minimum absolute atomic E-state index is 0.495. The molecule has 1 N–H and O–H groups in total. The number of hydrogen-bond donors (Lipinski definition) is 1. The lowest BCUT2D eigenvalue weighted by molar-refractivity contribution is 0.229. The van der Waals surface area contributed by atoms with Gasteiger partial charge in [-0.2, -0.15) is 0 Å². The lowest BCUT2D eigenvalue weighted by Gasteiger charge is -2.36. The summed E-state index contributed by atoms with van der Waals surface area (Å²) in [6.07, 6.45) is 5.31. The predicted octanol–water partition coefficient (Wildman–Crippen LogP) is 4.91. The Labute approximate surface area is 130 Å². The molecule has 1 unspecified atom stereocenters. The summed E-state index contributed by atoms with van der Waals surface area (Å²) in [6.45, 7) is 12.6. The molecule has 0 spiro atoms. The summed E-state index contributed by atoms with van der Waals surface area (Å²) in [5.74, 6) is 0. The van der Waals surface area contributed by atoms with Gasteiger partial charge in [0, 0.05) is 18.3 Å². The zero-order chi connectivity index (χ0) is 15.3. The van der Waals surface area contributed by atoms with Gasteiger partial charge in [-0.05, 0) is 55.5 Å². The molecule has 0 radical (unpaired) electrons. The van der Waals surface area contributed by atoms with Gasteiger partial charge in [0.25, 0.3) is 0 Å². The van der Waals surface area contributed by atoms with Crippen molar-refractivity contribution in [3.63, 3.8) is 0 Å². The standard InChI is InChI=1S/C19H32N2/c1-5-21(6-2)15-16-9-7-10-17(13-16)20-18-11-8-12-19(3,4)14-18/h7,9-10,13,18,20H,5-6,8,11-12,14-15H2,1-4H3. The summed E-state index contributed by atoms with van der Waals surface area (Å²) in [4.78, 5) is 2.46. The number of nitrogens with one attached hydrogen (secondary N) is 1. The number of rotatable bonds is 6. The Balaban J connectivity index is 1.97. The van der Waals surface area contributed by atoms with Crippen molar-refractivity contribution in [2.24, 2.45) is 5.41 Å². The van der Waals surface area contributed by atoms with Crippen molar-refractivity contribution >= 4 is 5.69 Å². The SMILES string of the molecule is CCN(CC)Cc1cccc(NC2CCCC(C)(C)C2)c1. The summed E-state index contributed by atoms with van der Waals surface area (Å²) in [7, 11) is 0. The molecule has 0 amide bonds. The number of hydrogen-bond acceptors (Lipinski definition) is 2. The molecule has 0 aromatic heterocycles. The molecule has 1 fully saturated rings. The summed E-state index contributed by atoms with van der Waals surface area (Å²) in [5.41, 5.74) is 3.20. The lowest BCUT2D eigenvalue weighted by Crippen LogP contribution is -2.31. The van der Waals surface area contributed by atoms with E-state index < -0.39 is 0 Å². The topological polar surface area (TPSA) is 15.3 Å². The van der Waals surface area contributed by atoms with Gasteiger partial charge in [-0.3, -0.25) is 4.90 Å². The first-order valence-corrected chi connectivity index (χ1v) is 8.60. The first kappa shape index (κ1) is 16.4. The van der Waals surface area contributed by atoms with E-state index in [1.807, 2.05) is 0 Å². The van der Waals surface area contributed by atoms with E-state index in [0.29, 0.717) is 11.5 Å². The molecule has 0 bridgehead atoms. The molecular weight excluding hydrogens is 256 g/mol. The van der Waals surface area contributed by atoms with Crippen LogP contribution in [0.1, 0.15) is 58.9 Å². The van der Waals surface area contributed by atoms with Crippen molar-refractivity contribution in [2.45, 2.75) is 66.0 Å². The molecule has 1 aromatic rings. The van der Waals surface area contributed by atoms with E-state index in [1.165, 1.54) is 36.9 Å². The summed E-state index contributed by atoms with van der Waals surface area (Å²) < 4.78 is 0. The Morgan fingerprint density at radius 2 is 2.00 bits per heavy atom. The minimum atomic E-state index is 0.495. The average Bonchev–Trinajstić information content (AvgIpc) is 2.44. The summed E-state index contributed by atoms with van der Waals surface area (Å²) in [6, 6.07) is 9.62. The molecule has 0 saturated heterocycles. The van der Waals surface area contributed by atoms with Gasteiger partial charge in [0.2, 0.25) is 0 Å². The van der Waals surface area contributed by atoms with Crippen LogP contribution in [0.4, 0.5) is 5.69 Å². The quantitative estimate of drug-likeness (QED) is 0.800. The largest absolute Gasteiger partial charge is 0.382 e. The summed E-state index contributed by atoms with van der Waals surface area (Å²) in [5, 5.41) is 3.77. The molecule has 21 heavy (non-hydrogen) atoms. The molecule has 2 nitrogen and oxygen atoms in total. The van der Waals surface area contributed by atoms with E-state index in [-0.39, 0.29) is 0 Å². The number of benzene rings is 1. The second kappa shape index (κ2) is 7.31. The molecule has 2 heteroatoms. The van der Waals surface area contributed by atoms with Crippen LogP contribution in [0.25, 0.3) is 0 Å². The van der Waals surface area contributed by atoms with Crippen LogP contribution in [0.2, 0.25) is 0 Å². The molecule has 1 aliphatic rings. The van der Waals surface area contributed by atoms with Crippen LogP contribution in [0.5, 0.6) is 0 Å². The maximum Gasteiger partial charge on any atom is 0.0345 e. The van der Waals surface area contributed by atoms with E-state index in [0.717, 1.165) is 19.6 Å². The molecule has 1 aliphatic carbocycles. The van der Waals surface area contributed by atoms with Gasteiger partial charge in [0.15, 0.2) is 0 Å².